The van der Waals surface area contributed by atoms with Gasteiger partial charge in [-0.2, -0.15) is 17.6 Å². The third kappa shape index (κ3) is 1.53. The summed E-state index contributed by atoms with van der Waals surface area (Å²) in [6.45, 7) is 1.45. The van der Waals surface area contributed by atoms with E-state index < -0.39 is 18.0 Å². The maximum atomic E-state index is 12.9. The van der Waals surface area contributed by atoms with Crippen LogP contribution in [0.2, 0.25) is 0 Å². The number of fused-ring (bicyclic) bond motifs is 1. The quantitative estimate of drug-likeness (QED) is 0.680. The van der Waals surface area contributed by atoms with Crippen LogP contribution in [0, 0.1) is 6.92 Å². The predicted octanol–water partition coefficient (Wildman–Crippen LogP) is 3.71. The average molecular weight is 301 g/mol. The lowest BCUT2D eigenvalue weighted by atomic mass is 10.2. The van der Waals surface area contributed by atoms with E-state index in [1.54, 1.807) is 0 Å². The van der Waals surface area contributed by atoms with E-state index in [4.69, 9.17) is 0 Å². The van der Waals surface area contributed by atoms with Crippen molar-refractivity contribution in [2.45, 2.75) is 19.1 Å². The monoisotopic (exact) mass is 300 g/mol. The van der Waals surface area contributed by atoms with E-state index in [2.05, 4.69) is 25.4 Å². The number of alkyl halides is 4. The van der Waals surface area contributed by atoms with E-state index in [9.17, 15) is 17.6 Å². The van der Waals surface area contributed by atoms with Crippen LogP contribution in [-0.2, 0) is 0 Å². The van der Waals surface area contributed by atoms with E-state index >= 15 is 0 Å². The summed E-state index contributed by atoms with van der Waals surface area (Å²) in [6.07, 6.45) is -9.34. The minimum Gasteiger partial charge on any atom is -0.421 e. The molecule has 0 aliphatic carbocycles. The summed E-state index contributed by atoms with van der Waals surface area (Å²) >= 11 is 3.07. The lowest BCUT2D eigenvalue weighted by Crippen LogP contribution is -2.52. The fourth-order valence-corrected chi connectivity index (χ4v) is 1.55. The van der Waals surface area contributed by atoms with Crippen molar-refractivity contribution in [1.82, 2.24) is 0 Å². The molecule has 1 aromatic carbocycles. The lowest BCUT2D eigenvalue weighted by molar-refractivity contribution is -0.391. The lowest BCUT2D eigenvalue weighted by Gasteiger charge is -2.32. The van der Waals surface area contributed by atoms with Gasteiger partial charge in [-0.25, -0.2) is 0 Å². The maximum absolute atomic E-state index is 12.9. The zero-order valence-corrected chi connectivity index (χ0v) is 9.45. The second kappa shape index (κ2) is 3.26. The van der Waals surface area contributed by atoms with E-state index in [-0.39, 0.29) is 11.3 Å². The van der Waals surface area contributed by atoms with Crippen LogP contribution in [0.25, 0.3) is 0 Å². The van der Waals surface area contributed by atoms with Gasteiger partial charge in [0.2, 0.25) is 0 Å². The van der Waals surface area contributed by atoms with Crippen molar-refractivity contribution in [2.75, 3.05) is 0 Å². The van der Waals surface area contributed by atoms with Crippen LogP contribution < -0.4 is 9.47 Å². The highest BCUT2D eigenvalue weighted by Gasteiger charge is 2.66. The van der Waals surface area contributed by atoms with Crippen LogP contribution in [0.4, 0.5) is 17.6 Å². The SMILES string of the molecule is Cc1c(Br)ccc2c1OC(F)(F)C(F)(F)O2. The van der Waals surface area contributed by atoms with Crippen LogP contribution >= 0.6 is 15.9 Å². The summed E-state index contributed by atoms with van der Waals surface area (Å²) in [5, 5.41) is 0. The number of rotatable bonds is 0. The normalized spacial score (nSPS) is 20.6. The smallest absolute Gasteiger partial charge is 0.421 e. The van der Waals surface area contributed by atoms with E-state index in [1.165, 1.54) is 13.0 Å². The fourth-order valence-electron chi connectivity index (χ4n) is 1.24. The Labute approximate surface area is 96.3 Å². The van der Waals surface area contributed by atoms with Crippen molar-refractivity contribution in [3.8, 4) is 11.5 Å². The predicted molar refractivity (Wildman–Crippen MR) is 50.0 cm³/mol. The standard InChI is InChI=1S/C9H5BrF4O2/c1-4-5(10)2-3-6-7(4)16-9(13,14)8(11,12)15-6/h2-3H,1H3. The molecule has 0 saturated carbocycles. The molecule has 1 aliphatic heterocycles. The molecule has 0 aromatic heterocycles. The van der Waals surface area contributed by atoms with Gasteiger partial charge in [0, 0.05) is 10.0 Å². The molecule has 88 valence electrons. The first-order chi connectivity index (χ1) is 7.24. The molecule has 1 aliphatic rings. The highest BCUT2D eigenvalue weighted by Crippen LogP contribution is 2.49. The molecule has 2 nitrogen and oxygen atoms in total. The first-order valence-electron chi connectivity index (χ1n) is 4.17. The van der Waals surface area contributed by atoms with Gasteiger partial charge in [0.1, 0.15) is 0 Å². The first-order valence-corrected chi connectivity index (χ1v) is 4.97. The average Bonchev–Trinajstić information content (AvgIpc) is 2.15. The van der Waals surface area contributed by atoms with Crippen LogP contribution in [-0.4, -0.2) is 12.2 Å². The third-order valence-electron chi connectivity index (χ3n) is 2.11. The van der Waals surface area contributed by atoms with Crippen LogP contribution in [0.1, 0.15) is 5.56 Å². The zero-order chi connectivity index (χ0) is 12.1. The van der Waals surface area contributed by atoms with Gasteiger partial charge in [-0.3, -0.25) is 0 Å². The largest absolute Gasteiger partial charge is 0.507 e. The molecule has 1 heterocycles. The Hall–Kier alpha value is -0.980. The van der Waals surface area contributed by atoms with Crippen molar-refractivity contribution < 1.29 is 27.0 Å². The van der Waals surface area contributed by atoms with Crippen molar-refractivity contribution >= 4 is 15.9 Å². The van der Waals surface area contributed by atoms with Gasteiger partial charge in [0.05, 0.1) is 0 Å². The molecule has 0 spiro atoms. The minimum atomic E-state index is -4.68. The second-order valence-corrected chi connectivity index (χ2v) is 4.09. The summed E-state index contributed by atoms with van der Waals surface area (Å²) < 4.78 is 59.7. The molecule has 0 N–H and O–H groups in total. The molecule has 0 saturated heterocycles. The minimum absolute atomic E-state index is 0.271. The molecule has 0 fully saturated rings. The van der Waals surface area contributed by atoms with Gasteiger partial charge in [0.15, 0.2) is 11.5 Å². The number of ether oxygens (including phenoxy) is 2. The third-order valence-corrected chi connectivity index (χ3v) is 2.97. The molecule has 0 bridgehead atoms. The van der Waals surface area contributed by atoms with Crippen molar-refractivity contribution in [3.63, 3.8) is 0 Å². The van der Waals surface area contributed by atoms with Gasteiger partial charge in [-0.05, 0) is 19.1 Å². The van der Waals surface area contributed by atoms with Crippen molar-refractivity contribution in [2.24, 2.45) is 0 Å². The summed E-state index contributed by atoms with van der Waals surface area (Å²) in [4.78, 5) is 0. The molecule has 16 heavy (non-hydrogen) atoms. The molecule has 2 rings (SSSR count). The van der Waals surface area contributed by atoms with Gasteiger partial charge in [-0.1, -0.05) is 15.9 Å². The van der Waals surface area contributed by atoms with E-state index in [1.807, 2.05) is 0 Å². The number of hydrogen-bond acceptors (Lipinski definition) is 2. The summed E-state index contributed by atoms with van der Waals surface area (Å²) in [6, 6.07) is 2.55. The van der Waals surface area contributed by atoms with Crippen LogP contribution in [0.3, 0.4) is 0 Å². The highest BCUT2D eigenvalue weighted by molar-refractivity contribution is 9.10. The van der Waals surface area contributed by atoms with Crippen molar-refractivity contribution in [1.29, 1.82) is 0 Å². The molecular formula is C9H5BrF4O2. The maximum Gasteiger partial charge on any atom is 0.507 e. The Morgan fingerprint density at radius 3 is 2.25 bits per heavy atom. The Kier molecular flexibility index (Phi) is 2.34. The summed E-state index contributed by atoms with van der Waals surface area (Å²) in [7, 11) is 0. The second-order valence-electron chi connectivity index (χ2n) is 3.24. The van der Waals surface area contributed by atoms with Crippen LogP contribution in [0.5, 0.6) is 11.5 Å². The van der Waals surface area contributed by atoms with Gasteiger partial charge in [-0.15, -0.1) is 0 Å². The van der Waals surface area contributed by atoms with Gasteiger partial charge in [0.25, 0.3) is 0 Å². The molecule has 0 atom stereocenters. The van der Waals surface area contributed by atoms with E-state index in [0.717, 1.165) is 6.07 Å². The molecule has 7 heteroatoms. The summed E-state index contributed by atoms with van der Waals surface area (Å²) in [5.74, 6) is -0.790. The Balaban J connectivity index is 2.56. The molecule has 0 unspecified atom stereocenters. The number of hydrogen-bond donors (Lipinski definition) is 0. The van der Waals surface area contributed by atoms with Crippen molar-refractivity contribution in [3.05, 3.63) is 22.2 Å². The van der Waals surface area contributed by atoms with Gasteiger partial charge >= 0.3 is 12.2 Å². The van der Waals surface area contributed by atoms with Crippen LogP contribution in [0.15, 0.2) is 16.6 Å². The number of halogens is 5. The highest BCUT2D eigenvalue weighted by atomic mass is 79.9. The van der Waals surface area contributed by atoms with E-state index in [0.29, 0.717) is 4.47 Å². The Morgan fingerprint density at radius 1 is 1.06 bits per heavy atom. The molecule has 1 aromatic rings. The Bertz CT molecular complexity index is 447. The molecular weight excluding hydrogens is 296 g/mol. The molecule has 0 amide bonds. The van der Waals surface area contributed by atoms with Gasteiger partial charge < -0.3 is 9.47 Å². The Morgan fingerprint density at radius 2 is 1.62 bits per heavy atom. The first kappa shape index (κ1) is 11.5. The molecule has 0 radical (unpaired) electrons. The fraction of sp³-hybridized carbons (Fsp3) is 0.333. The zero-order valence-electron chi connectivity index (χ0n) is 7.86. The topological polar surface area (TPSA) is 18.5 Å². The summed E-state index contributed by atoms with van der Waals surface area (Å²) in [5.41, 5.74) is 0.271. The number of benzene rings is 1.